The summed E-state index contributed by atoms with van der Waals surface area (Å²) >= 11 is 1.46. The summed E-state index contributed by atoms with van der Waals surface area (Å²) in [5.74, 6) is 1.78. The van der Waals surface area contributed by atoms with E-state index in [2.05, 4.69) is 31.3 Å². The Morgan fingerprint density at radius 2 is 1.90 bits per heavy atom. The van der Waals surface area contributed by atoms with Gasteiger partial charge in [-0.1, -0.05) is 36.0 Å². The highest BCUT2D eigenvalue weighted by molar-refractivity contribution is 7.99. The van der Waals surface area contributed by atoms with E-state index in [0.717, 1.165) is 38.6 Å². The highest BCUT2D eigenvalue weighted by Gasteiger charge is 2.16. The van der Waals surface area contributed by atoms with Gasteiger partial charge in [0.25, 0.3) is 0 Å². The summed E-state index contributed by atoms with van der Waals surface area (Å²) in [7, 11) is 0. The van der Waals surface area contributed by atoms with Crippen LogP contribution in [0.2, 0.25) is 0 Å². The van der Waals surface area contributed by atoms with E-state index in [4.69, 9.17) is 14.5 Å². The molecule has 0 saturated carbocycles. The zero-order valence-corrected chi connectivity index (χ0v) is 17.6. The normalized spacial score (nSPS) is 13.9. The van der Waals surface area contributed by atoms with E-state index >= 15 is 0 Å². The fourth-order valence-electron chi connectivity index (χ4n) is 3.44. The minimum Gasteiger partial charge on any atom is -0.486 e. The Morgan fingerprint density at radius 1 is 1.10 bits per heavy atom. The molecule has 1 N–H and O–H groups in total. The standard InChI is InChI=1S/C23H24N2O3S/c1-14-5-4-6-18-15(2)11-22(25-23(14)18)29-13-21(26)24-16(3)17-7-8-19-20(12-17)28-10-9-27-19/h4-8,11-12,16H,9-10,13H2,1-3H3,(H,24,26)/t16-/m0/s1. The first-order chi connectivity index (χ1) is 14.0. The number of benzene rings is 2. The molecule has 1 aliphatic heterocycles. The number of hydrogen-bond donors (Lipinski definition) is 1. The number of hydrogen-bond acceptors (Lipinski definition) is 5. The first-order valence-electron chi connectivity index (χ1n) is 9.70. The molecule has 4 rings (SSSR count). The average molecular weight is 409 g/mol. The zero-order chi connectivity index (χ0) is 20.4. The summed E-state index contributed by atoms with van der Waals surface area (Å²) in [6, 6.07) is 13.9. The van der Waals surface area contributed by atoms with Crippen molar-refractivity contribution in [1.29, 1.82) is 0 Å². The number of aryl methyl sites for hydroxylation is 2. The van der Waals surface area contributed by atoms with Crippen molar-refractivity contribution in [2.24, 2.45) is 0 Å². The molecule has 1 aromatic heterocycles. The van der Waals surface area contributed by atoms with Gasteiger partial charge in [0.2, 0.25) is 5.91 Å². The van der Waals surface area contributed by atoms with Gasteiger partial charge in [0.15, 0.2) is 11.5 Å². The van der Waals surface area contributed by atoms with Crippen LogP contribution in [0, 0.1) is 13.8 Å². The van der Waals surface area contributed by atoms with Crippen LogP contribution >= 0.6 is 11.8 Å². The number of ether oxygens (including phenoxy) is 2. The predicted molar refractivity (Wildman–Crippen MR) is 116 cm³/mol. The van der Waals surface area contributed by atoms with Crippen LogP contribution < -0.4 is 14.8 Å². The number of para-hydroxylation sites is 1. The number of nitrogens with zero attached hydrogens (tertiary/aromatic N) is 1. The number of nitrogens with one attached hydrogen (secondary N) is 1. The molecule has 2 aromatic carbocycles. The maximum Gasteiger partial charge on any atom is 0.230 e. The lowest BCUT2D eigenvalue weighted by atomic mass is 10.1. The summed E-state index contributed by atoms with van der Waals surface area (Å²) in [4.78, 5) is 17.2. The summed E-state index contributed by atoms with van der Waals surface area (Å²) in [5.41, 5.74) is 4.30. The SMILES string of the molecule is Cc1cc(SCC(=O)N[C@@H](C)c2ccc3c(c2)OCCO3)nc2c(C)cccc12. The minimum atomic E-state index is -0.118. The van der Waals surface area contributed by atoms with Crippen LogP contribution in [-0.4, -0.2) is 29.9 Å². The second kappa shape index (κ2) is 8.33. The van der Waals surface area contributed by atoms with E-state index in [0.29, 0.717) is 19.0 Å². The highest BCUT2D eigenvalue weighted by atomic mass is 32.2. The van der Waals surface area contributed by atoms with Crippen molar-refractivity contribution in [2.45, 2.75) is 31.8 Å². The highest BCUT2D eigenvalue weighted by Crippen LogP contribution is 2.32. The predicted octanol–water partition coefficient (Wildman–Crippen LogP) is 4.59. The van der Waals surface area contributed by atoms with Gasteiger partial charge in [-0.25, -0.2) is 4.98 Å². The van der Waals surface area contributed by atoms with Crippen molar-refractivity contribution in [1.82, 2.24) is 10.3 Å². The lowest BCUT2D eigenvalue weighted by molar-refractivity contribution is -0.119. The molecule has 2 heterocycles. The van der Waals surface area contributed by atoms with Crippen molar-refractivity contribution in [2.75, 3.05) is 19.0 Å². The van der Waals surface area contributed by atoms with Gasteiger partial charge in [-0.3, -0.25) is 4.79 Å². The van der Waals surface area contributed by atoms with Gasteiger partial charge in [0, 0.05) is 5.39 Å². The molecule has 3 aromatic rings. The number of carbonyl (C=O) groups excluding carboxylic acids is 1. The van der Waals surface area contributed by atoms with Crippen molar-refractivity contribution >= 4 is 28.6 Å². The Morgan fingerprint density at radius 3 is 2.72 bits per heavy atom. The third-order valence-electron chi connectivity index (χ3n) is 5.02. The molecule has 0 radical (unpaired) electrons. The number of aromatic nitrogens is 1. The van der Waals surface area contributed by atoms with Crippen LogP contribution in [0.15, 0.2) is 47.5 Å². The minimum absolute atomic E-state index is 0.0262. The van der Waals surface area contributed by atoms with Gasteiger partial charge in [0.05, 0.1) is 22.3 Å². The summed E-state index contributed by atoms with van der Waals surface area (Å²) in [6.07, 6.45) is 0. The Labute approximate surface area is 174 Å². The maximum atomic E-state index is 12.5. The van der Waals surface area contributed by atoms with Crippen molar-refractivity contribution in [3.05, 3.63) is 59.2 Å². The number of pyridine rings is 1. The second-order valence-electron chi connectivity index (χ2n) is 7.23. The summed E-state index contributed by atoms with van der Waals surface area (Å²) in [5, 5.41) is 5.08. The van der Waals surface area contributed by atoms with Crippen LogP contribution in [0.3, 0.4) is 0 Å². The van der Waals surface area contributed by atoms with Gasteiger partial charge in [-0.15, -0.1) is 0 Å². The van der Waals surface area contributed by atoms with Crippen LogP contribution in [0.5, 0.6) is 11.5 Å². The van der Waals surface area contributed by atoms with E-state index < -0.39 is 0 Å². The molecular formula is C23H24N2O3S. The van der Waals surface area contributed by atoms with Gasteiger partial charge in [-0.2, -0.15) is 0 Å². The summed E-state index contributed by atoms with van der Waals surface area (Å²) < 4.78 is 11.2. The van der Waals surface area contributed by atoms with Gasteiger partial charge < -0.3 is 14.8 Å². The molecule has 1 aliphatic rings. The van der Waals surface area contributed by atoms with Gasteiger partial charge in [-0.05, 0) is 55.7 Å². The lowest BCUT2D eigenvalue weighted by Gasteiger charge is -2.21. The molecule has 0 saturated heterocycles. The molecule has 0 unspecified atom stereocenters. The van der Waals surface area contributed by atoms with E-state index in [1.807, 2.05) is 37.3 Å². The van der Waals surface area contributed by atoms with Crippen molar-refractivity contribution in [3.63, 3.8) is 0 Å². The number of amides is 1. The molecule has 1 atom stereocenters. The maximum absolute atomic E-state index is 12.5. The monoisotopic (exact) mass is 408 g/mol. The molecule has 0 fully saturated rings. The number of thioether (sulfide) groups is 1. The molecule has 6 heteroatoms. The third-order valence-corrected chi connectivity index (χ3v) is 5.93. The van der Waals surface area contributed by atoms with Gasteiger partial charge in [0.1, 0.15) is 13.2 Å². The van der Waals surface area contributed by atoms with Crippen molar-refractivity contribution in [3.8, 4) is 11.5 Å². The molecule has 0 aliphatic carbocycles. The molecular weight excluding hydrogens is 384 g/mol. The quantitative estimate of drug-likeness (QED) is 0.626. The number of fused-ring (bicyclic) bond motifs is 2. The Bertz CT molecular complexity index is 1070. The Kier molecular flexibility index (Phi) is 5.62. The van der Waals surface area contributed by atoms with Crippen molar-refractivity contribution < 1.29 is 14.3 Å². The smallest absolute Gasteiger partial charge is 0.230 e. The Balaban J connectivity index is 1.40. The van der Waals surface area contributed by atoms with Gasteiger partial charge >= 0.3 is 0 Å². The summed E-state index contributed by atoms with van der Waals surface area (Å²) in [6.45, 7) is 7.22. The molecule has 5 nitrogen and oxygen atoms in total. The number of carbonyl (C=O) groups is 1. The van der Waals surface area contributed by atoms with Crippen LogP contribution in [0.1, 0.15) is 29.7 Å². The zero-order valence-electron chi connectivity index (χ0n) is 16.8. The molecule has 0 spiro atoms. The van der Waals surface area contributed by atoms with E-state index in [1.165, 1.54) is 17.3 Å². The first kappa shape index (κ1) is 19.6. The molecule has 1 amide bonds. The largest absolute Gasteiger partial charge is 0.486 e. The number of rotatable bonds is 5. The molecule has 0 bridgehead atoms. The fourth-order valence-corrected chi connectivity index (χ4v) is 4.22. The first-order valence-corrected chi connectivity index (χ1v) is 10.7. The second-order valence-corrected chi connectivity index (χ2v) is 8.23. The third kappa shape index (κ3) is 4.32. The Hall–Kier alpha value is -2.73. The average Bonchev–Trinajstić information content (AvgIpc) is 2.72. The fraction of sp³-hybridized carbons (Fsp3) is 0.304. The van der Waals surface area contributed by atoms with Crippen LogP contribution in [0.25, 0.3) is 10.9 Å². The topological polar surface area (TPSA) is 60.5 Å². The molecule has 150 valence electrons. The molecule has 29 heavy (non-hydrogen) atoms. The van der Waals surface area contributed by atoms with E-state index in [9.17, 15) is 4.79 Å². The van der Waals surface area contributed by atoms with E-state index in [-0.39, 0.29) is 11.9 Å². The lowest BCUT2D eigenvalue weighted by Crippen LogP contribution is -2.28. The van der Waals surface area contributed by atoms with E-state index in [1.54, 1.807) is 0 Å². The van der Waals surface area contributed by atoms with Crippen LogP contribution in [-0.2, 0) is 4.79 Å². The van der Waals surface area contributed by atoms with Crippen LogP contribution in [0.4, 0.5) is 0 Å².